The summed E-state index contributed by atoms with van der Waals surface area (Å²) in [5.41, 5.74) is 0. The molecule has 0 heterocycles. The van der Waals surface area contributed by atoms with E-state index in [2.05, 4.69) is 38.3 Å². The smallest absolute Gasteiger partial charge is 0.132 e. The van der Waals surface area contributed by atoms with Crippen molar-refractivity contribution >= 4 is 11.8 Å². The molecular formula is C16H25NOS. The fourth-order valence-corrected chi connectivity index (χ4v) is 4.65. The molecule has 1 aromatic rings. The van der Waals surface area contributed by atoms with Crippen LogP contribution in [-0.4, -0.2) is 25.4 Å². The van der Waals surface area contributed by atoms with E-state index in [1.807, 2.05) is 23.9 Å². The van der Waals surface area contributed by atoms with E-state index >= 15 is 0 Å². The van der Waals surface area contributed by atoms with E-state index < -0.39 is 0 Å². The lowest BCUT2D eigenvalue weighted by Gasteiger charge is -2.39. The van der Waals surface area contributed by atoms with Crippen molar-refractivity contribution in [2.75, 3.05) is 14.2 Å². The Kier molecular flexibility index (Phi) is 5.17. The minimum absolute atomic E-state index is 0.591. The molecule has 1 saturated carbocycles. The Morgan fingerprint density at radius 1 is 1.21 bits per heavy atom. The van der Waals surface area contributed by atoms with Crippen molar-refractivity contribution in [1.29, 1.82) is 0 Å². The Labute approximate surface area is 121 Å². The molecule has 1 aliphatic rings. The van der Waals surface area contributed by atoms with Gasteiger partial charge < -0.3 is 10.1 Å². The molecule has 1 fully saturated rings. The number of nitrogens with one attached hydrogen (secondary N) is 1. The van der Waals surface area contributed by atoms with Crippen molar-refractivity contribution in [2.24, 2.45) is 11.8 Å². The quantitative estimate of drug-likeness (QED) is 0.905. The zero-order valence-electron chi connectivity index (χ0n) is 12.3. The van der Waals surface area contributed by atoms with Gasteiger partial charge in [0.15, 0.2) is 0 Å². The van der Waals surface area contributed by atoms with Crippen molar-refractivity contribution in [2.45, 2.75) is 42.9 Å². The highest BCUT2D eigenvalue weighted by atomic mass is 32.2. The second kappa shape index (κ2) is 6.67. The molecule has 0 aromatic heterocycles. The first kappa shape index (κ1) is 14.7. The maximum absolute atomic E-state index is 5.47. The first-order chi connectivity index (χ1) is 9.15. The second-order valence-electron chi connectivity index (χ2n) is 5.68. The van der Waals surface area contributed by atoms with E-state index in [0.29, 0.717) is 11.3 Å². The van der Waals surface area contributed by atoms with Crippen molar-refractivity contribution < 1.29 is 4.74 Å². The van der Waals surface area contributed by atoms with Crippen LogP contribution in [0.2, 0.25) is 0 Å². The molecule has 0 radical (unpaired) electrons. The summed E-state index contributed by atoms with van der Waals surface area (Å²) in [6, 6.07) is 8.93. The van der Waals surface area contributed by atoms with Gasteiger partial charge in [0.2, 0.25) is 0 Å². The minimum atomic E-state index is 0.591. The van der Waals surface area contributed by atoms with Crippen molar-refractivity contribution in [3.05, 3.63) is 24.3 Å². The molecular weight excluding hydrogens is 254 g/mol. The summed E-state index contributed by atoms with van der Waals surface area (Å²) in [6.07, 6.45) is 2.60. The van der Waals surface area contributed by atoms with Crippen molar-refractivity contribution in [3.63, 3.8) is 0 Å². The molecule has 1 aromatic carbocycles. The van der Waals surface area contributed by atoms with Crippen LogP contribution in [0.3, 0.4) is 0 Å². The summed E-state index contributed by atoms with van der Waals surface area (Å²) < 4.78 is 5.47. The number of thioether (sulfide) groups is 1. The van der Waals surface area contributed by atoms with Crippen molar-refractivity contribution in [3.8, 4) is 5.75 Å². The lowest BCUT2D eigenvalue weighted by atomic mass is 9.80. The Balaban J connectivity index is 2.15. The van der Waals surface area contributed by atoms with E-state index in [9.17, 15) is 0 Å². The SMILES string of the molecule is CNC1CC(C)CC(C)C1Sc1ccccc1OC. The summed E-state index contributed by atoms with van der Waals surface area (Å²) in [6.45, 7) is 4.75. The average molecular weight is 279 g/mol. The highest BCUT2D eigenvalue weighted by Crippen LogP contribution is 2.42. The molecule has 2 nitrogen and oxygen atoms in total. The van der Waals surface area contributed by atoms with E-state index in [-0.39, 0.29) is 0 Å². The van der Waals surface area contributed by atoms with Crippen LogP contribution in [0.4, 0.5) is 0 Å². The van der Waals surface area contributed by atoms with Crippen LogP contribution >= 0.6 is 11.8 Å². The Morgan fingerprint density at radius 3 is 2.63 bits per heavy atom. The Bertz CT molecular complexity index is 409. The van der Waals surface area contributed by atoms with Gasteiger partial charge >= 0.3 is 0 Å². The van der Waals surface area contributed by atoms with Gasteiger partial charge in [0.1, 0.15) is 5.75 Å². The normalized spacial score (nSPS) is 31.2. The molecule has 19 heavy (non-hydrogen) atoms. The van der Waals surface area contributed by atoms with Crippen LogP contribution in [0.15, 0.2) is 29.2 Å². The van der Waals surface area contributed by atoms with Crippen LogP contribution in [0, 0.1) is 11.8 Å². The Morgan fingerprint density at radius 2 is 1.95 bits per heavy atom. The molecule has 0 bridgehead atoms. The first-order valence-electron chi connectivity index (χ1n) is 7.12. The predicted octanol–water partition coefficient (Wildman–Crippen LogP) is 3.81. The van der Waals surface area contributed by atoms with E-state index in [0.717, 1.165) is 17.6 Å². The molecule has 4 atom stereocenters. The number of rotatable bonds is 4. The maximum atomic E-state index is 5.47. The highest BCUT2D eigenvalue weighted by Gasteiger charge is 2.34. The number of hydrogen-bond acceptors (Lipinski definition) is 3. The molecule has 0 spiro atoms. The van der Waals surface area contributed by atoms with Gasteiger partial charge in [-0.2, -0.15) is 0 Å². The van der Waals surface area contributed by atoms with Crippen LogP contribution in [0.5, 0.6) is 5.75 Å². The number of ether oxygens (including phenoxy) is 1. The minimum Gasteiger partial charge on any atom is -0.496 e. The van der Waals surface area contributed by atoms with E-state index in [4.69, 9.17) is 4.74 Å². The molecule has 0 saturated heterocycles. The zero-order chi connectivity index (χ0) is 13.8. The third-order valence-electron chi connectivity index (χ3n) is 4.09. The molecule has 106 valence electrons. The lowest BCUT2D eigenvalue weighted by molar-refractivity contribution is 0.257. The van der Waals surface area contributed by atoms with Crippen LogP contribution in [-0.2, 0) is 0 Å². The first-order valence-corrected chi connectivity index (χ1v) is 8.00. The van der Waals surface area contributed by atoms with E-state index in [1.54, 1.807) is 7.11 Å². The van der Waals surface area contributed by atoms with Gasteiger partial charge in [0, 0.05) is 16.2 Å². The summed E-state index contributed by atoms with van der Waals surface area (Å²) in [7, 11) is 3.84. The van der Waals surface area contributed by atoms with Crippen LogP contribution in [0.1, 0.15) is 26.7 Å². The molecule has 0 amide bonds. The van der Waals surface area contributed by atoms with Gasteiger partial charge in [-0.3, -0.25) is 0 Å². The van der Waals surface area contributed by atoms with Gasteiger partial charge in [0.05, 0.1) is 7.11 Å². The second-order valence-corrected chi connectivity index (χ2v) is 6.90. The lowest BCUT2D eigenvalue weighted by Crippen LogP contribution is -2.44. The summed E-state index contributed by atoms with van der Waals surface area (Å²) in [4.78, 5) is 1.26. The zero-order valence-corrected chi connectivity index (χ0v) is 13.2. The fourth-order valence-electron chi connectivity index (χ4n) is 3.17. The largest absolute Gasteiger partial charge is 0.496 e. The molecule has 1 N–H and O–H groups in total. The third kappa shape index (κ3) is 3.46. The number of hydrogen-bond donors (Lipinski definition) is 1. The predicted molar refractivity (Wildman–Crippen MR) is 83.0 cm³/mol. The number of para-hydroxylation sites is 1. The molecule has 2 rings (SSSR count). The molecule has 4 unspecified atom stereocenters. The number of benzene rings is 1. The summed E-state index contributed by atoms with van der Waals surface area (Å²) in [5.74, 6) is 2.55. The van der Waals surface area contributed by atoms with Gasteiger partial charge in [-0.25, -0.2) is 0 Å². The molecule has 0 aliphatic heterocycles. The maximum Gasteiger partial charge on any atom is 0.132 e. The third-order valence-corrected chi connectivity index (χ3v) is 5.75. The summed E-state index contributed by atoms with van der Waals surface area (Å²) in [5, 5.41) is 4.13. The van der Waals surface area contributed by atoms with Gasteiger partial charge in [0.25, 0.3) is 0 Å². The van der Waals surface area contributed by atoms with Gasteiger partial charge in [-0.1, -0.05) is 26.0 Å². The summed E-state index contributed by atoms with van der Waals surface area (Å²) >= 11 is 1.97. The Hall–Kier alpha value is -0.670. The standard InChI is InChI=1S/C16H25NOS/c1-11-9-12(2)16(13(10-11)17-3)19-15-8-6-5-7-14(15)18-4/h5-8,11-13,16-17H,9-10H2,1-4H3. The topological polar surface area (TPSA) is 21.3 Å². The van der Waals surface area contributed by atoms with Gasteiger partial charge in [-0.05, 0) is 43.9 Å². The molecule has 3 heteroatoms. The van der Waals surface area contributed by atoms with E-state index in [1.165, 1.54) is 17.7 Å². The monoisotopic (exact) mass is 279 g/mol. The fraction of sp³-hybridized carbons (Fsp3) is 0.625. The van der Waals surface area contributed by atoms with Crippen molar-refractivity contribution in [1.82, 2.24) is 5.32 Å². The number of methoxy groups -OCH3 is 1. The van der Waals surface area contributed by atoms with Crippen LogP contribution < -0.4 is 10.1 Å². The highest BCUT2D eigenvalue weighted by molar-refractivity contribution is 8.00. The average Bonchev–Trinajstić information content (AvgIpc) is 2.42. The molecule has 1 aliphatic carbocycles. The van der Waals surface area contributed by atoms with Gasteiger partial charge in [-0.15, -0.1) is 11.8 Å². The van der Waals surface area contributed by atoms with Crippen LogP contribution in [0.25, 0.3) is 0 Å².